The molecule has 0 bridgehead atoms. The van der Waals surface area contributed by atoms with Crippen molar-refractivity contribution in [2.45, 2.75) is 20.0 Å². The van der Waals surface area contributed by atoms with E-state index in [1.165, 1.54) is 11.3 Å². The van der Waals surface area contributed by atoms with Gasteiger partial charge in [0.2, 0.25) is 0 Å². The van der Waals surface area contributed by atoms with Gasteiger partial charge in [-0.1, -0.05) is 11.6 Å². The number of nitrogens with one attached hydrogen (secondary N) is 1. The zero-order chi connectivity index (χ0) is 11.4. The molecule has 6 heteroatoms. The van der Waals surface area contributed by atoms with E-state index >= 15 is 0 Å². The Kier molecular flexibility index (Phi) is 4.53. The molecule has 1 aromatic rings. The summed E-state index contributed by atoms with van der Waals surface area (Å²) < 4.78 is 0. The molecule has 4 nitrogen and oxygen atoms in total. The van der Waals surface area contributed by atoms with E-state index in [1.807, 2.05) is 6.92 Å². The van der Waals surface area contributed by atoms with Gasteiger partial charge in [0.15, 0.2) is 0 Å². The maximum Gasteiger partial charge on any atom is 0.286 e. The van der Waals surface area contributed by atoms with E-state index in [0.717, 1.165) is 4.88 Å². The summed E-state index contributed by atoms with van der Waals surface area (Å²) in [6, 6.07) is 1.72. The van der Waals surface area contributed by atoms with Crippen LogP contribution in [0.5, 0.6) is 0 Å². The summed E-state index contributed by atoms with van der Waals surface area (Å²) in [7, 11) is 0. The molecule has 0 unspecified atom stereocenters. The lowest BCUT2D eigenvalue weighted by atomic mass is 10.4. The van der Waals surface area contributed by atoms with Crippen molar-refractivity contribution in [3.63, 3.8) is 0 Å². The lowest BCUT2D eigenvalue weighted by Crippen LogP contribution is -2.26. The fraction of sp³-hybridized carbons (Fsp3) is 0.444. The van der Waals surface area contributed by atoms with E-state index in [2.05, 4.69) is 5.48 Å². The number of halogens is 1. The maximum atomic E-state index is 11.5. The van der Waals surface area contributed by atoms with Crippen LogP contribution >= 0.6 is 22.9 Å². The Hall–Kier alpha value is -0.620. The number of aryl methyl sites for hydroxylation is 1. The molecule has 0 saturated heterocycles. The van der Waals surface area contributed by atoms with Crippen LogP contribution in [0.2, 0.25) is 5.02 Å². The van der Waals surface area contributed by atoms with Crippen LogP contribution in [0, 0.1) is 6.92 Å². The number of hydrogen-bond donors (Lipinski definition) is 2. The van der Waals surface area contributed by atoms with Gasteiger partial charge in [0.1, 0.15) is 11.5 Å². The minimum Gasteiger partial charge on any atom is -0.391 e. The van der Waals surface area contributed by atoms with Crippen molar-refractivity contribution < 1.29 is 14.7 Å². The Morgan fingerprint density at radius 2 is 2.47 bits per heavy atom. The number of carbonyl (C=O) groups excluding carboxylic acids is 1. The SMILES string of the molecule is Cc1cc(Cl)c(C(=O)NOC[C@@H](C)O)s1. The maximum absolute atomic E-state index is 11.5. The third-order valence-electron chi connectivity index (χ3n) is 1.51. The van der Waals surface area contributed by atoms with Crippen molar-refractivity contribution in [3.8, 4) is 0 Å². The molecular weight excluding hydrogens is 238 g/mol. The van der Waals surface area contributed by atoms with Crippen molar-refractivity contribution in [2.24, 2.45) is 0 Å². The van der Waals surface area contributed by atoms with Crippen molar-refractivity contribution in [1.82, 2.24) is 5.48 Å². The average molecular weight is 250 g/mol. The van der Waals surface area contributed by atoms with E-state index in [1.54, 1.807) is 13.0 Å². The highest BCUT2D eigenvalue weighted by atomic mass is 35.5. The molecule has 1 heterocycles. The third kappa shape index (κ3) is 3.79. The number of aliphatic hydroxyl groups excluding tert-OH is 1. The van der Waals surface area contributed by atoms with Gasteiger partial charge in [-0.15, -0.1) is 11.3 Å². The Bertz CT molecular complexity index is 351. The number of carbonyl (C=O) groups is 1. The molecular formula is C9H12ClNO3S. The molecule has 0 spiro atoms. The lowest BCUT2D eigenvalue weighted by Gasteiger charge is -2.06. The van der Waals surface area contributed by atoms with Gasteiger partial charge in [-0.2, -0.15) is 0 Å². The second kappa shape index (κ2) is 5.46. The third-order valence-corrected chi connectivity index (χ3v) is 2.96. The topological polar surface area (TPSA) is 58.6 Å². The van der Waals surface area contributed by atoms with Gasteiger partial charge in [0.25, 0.3) is 5.91 Å². The molecule has 2 N–H and O–H groups in total. The molecule has 0 saturated carbocycles. The first-order chi connectivity index (χ1) is 7.00. The van der Waals surface area contributed by atoms with Gasteiger partial charge in [-0.25, -0.2) is 5.48 Å². The van der Waals surface area contributed by atoms with Gasteiger partial charge >= 0.3 is 0 Å². The van der Waals surface area contributed by atoms with Crippen molar-refractivity contribution in [1.29, 1.82) is 0 Å². The zero-order valence-electron chi connectivity index (χ0n) is 8.41. The van der Waals surface area contributed by atoms with Crippen molar-refractivity contribution >= 4 is 28.8 Å². The van der Waals surface area contributed by atoms with Gasteiger partial charge in [-0.05, 0) is 19.9 Å². The summed E-state index contributed by atoms with van der Waals surface area (Å²) in [5.74, 6) is -0.390. The summed E-state index contributed by atoms with van der Waals surface area (Å²) in [5.41, 5.74) is 2.21. The first-order valence-corrected chi connectivity index (χ1v) is 5.56. The molecule has 15 heavy (non-hydrogen) atoms. The lowest BCUT2D eigenvalue weighted by molar-refractivity contribution is -0.00664. The molecule has 0 fully saturated rings. The van der Waals surface area contributed by atoms with Crippen LogP contribution in [-0.2, 0) is 4.84 Å². The molecule has 1 amide bonds. The fourth-order valence-electron chi connectivity index (χ4n) is 0.912. The molecule has 1 atom stereocenters. The number of aliphatic hydroxyl groups is 1. The Labute approximate surface area is 96.8 Å². The summed E-state index contributed by atoms with van der Waals surface area (Å²) in [6.07, 6.45) is -0.620. The molecule has 0 radical (unpaired) electrons. The van der Waals surface area contributed by atoms with E-state index in [4.69, 9.17) is 21.5 Å². The van der Waals surface area contributed by atoms with Crippen molar-refractivity contribution in [3.05, 3.63) is 20.8 Å². The highest BCUT2D eigenvalue weighted by Gasteiger charge is 2.13. The molecule has 0 aliphatic rings. The van der Waals surface area contributed by atoms with E-state index in [-0.39, 0.29) is 6.61 Å². The zero-order valence-corrected chi connectivity index (χ0v) is 9.98. The van der Waals surface area contributed by atoms with Gasteiger partial charge in [0.05, 0.1) is 11.1 Å². The van der Waals surface area contributed by atoms with Crippen LogP contribution in [0.3, 0.4) is 0 Å². The van der Waals surface area contributed by atoms with Crippen LogP contribution < -0.4 is 5.48 Å². The molecule has 0 aliphatic carbocycles. The van der Waals surface area contributed by atoms with Crippen LogP contribution in [0.25, 0.3) is 0 Å². The highest BCUT2D eigenvalue weighted by Crippen LogP contribution is 2.25. The summed E-state index contributed by atoms with van der Waals surface area (Å²) >= 11 is 7.12. The largest absolute Gasteiger partial charge is 0.391 e. The van der Waals surface area contributed by atoms with E-state index < -0.39 is 12.0 Å². The smallest absolute Gasteiger partial charge is 0.286 e. The second-order valence-electron chi connectivity index (χ2n) is 3.13. The van der Waals surface area contributed by atoms with E-state index in [0.29, 0.717) is 9.90 Å². The number of hydroxylamine groups is 1. The van der Waals surface area contributed by atoms with Gasteiger partial charge in [0, 0.05) is 4.88 Å². The Balaban J connectivity index is 2.50. The molecule has 0 aliphatic heterocycles. The second-order valence-corrected chi connectivity index (χ2v) is 4.79. The van der Waals surface area contributed by atoms with E-state index in [9.17, 15) is 4.79 Å². The molecule has 1 aromatic heterocycles. The first kappa shape index (κ1) is 12.4. The number of thiophene rings is 1. The average Bonchev–Trinajstić information content (AvgIpc) is 2.44. The quantitative estimate of drug-likeness (QED) is 0.800. The monoisotopic (exact) mass is 249 g/mol. The van der Waals surface area contributed by atoms with Crippen LogP contribution in [-0.4, -0.2) is 23.7 Å². The van der Waals surface area contributed by atoms with Crippen LogP contribution in [0.1, 0.15) is 21.5 Å². The van der Waals surface area contributed by atoms with Crippen LogP contribution in [0.4, 0.5) is 0 Å². The molecule has 84 valence electrons. The molecule has 1 rings (SSSR count). The number of amides is 1. The predicted molar refractivity (Wildman–Crippen MR) is 59.2 cm³/mol. The first-order valence-electron chi connectivity index (χ1n) is 4.37. The summed E-state index contributed by atoms with van der Waals surface area (Å²) in [5, 5.41) is 9.31. The highest BCUT2D eigenvalue weighted by molar-refractivity contribution is 7.14. The minimum atomic E-state index is -0.620. The van der Waals surface area contributed by atoms with Crippen LogP contribution in [0.15, 0.2) is 6.07 Å². The molecule has 0 aromatic carbocycles. The minimum absolute atomic E-state index is 0.0493. The normalized spacial score (nSPS) is 12.5. The summed E-state index contributed by atoms with van der Waals surface area (Å²) in [6.45, 7) is 3.48. The standard InChI is InChI=1S/C9H12ClNO3S/c1-5(12)4-14-11-9(13)8-7(10)3-6(2)15-8/h3,5,12H,4H2,1-2H3,(H,11,13)/t5-/m1/s1. The predicted octanol–water partition coefficient (Wildman–Crippen LogP) is 1.75. The van der Waals surface area contributed by atoms with Crippen molar-refractivity contribution in [2.75, 3.05) is 6.61 Å². The number of hydrogen-bond acceptors (Lipinski definition) is 4. The summed E-state index contributed by atoms with van der Waals surface area (Å²) in [4.78, 5) is 17.6. The Morgan fingerprint density at radius 3 is 2.93 bits per heavy atom. The number of rotatable bonds is 4. The fourth-order valence-corrected chi connectivity index (χ4v) is 2.13. The van der Waals surface area contributed by atoms with Gasteiger partial charge < -0.3 is 5.11 Å². The Morgan fingerprint density at radius 1 is 1.80 bits per heavy atom. The van der Waals surface area contributed by atoms with Gasteiger partial charge in [-0.3, -0.25) is 9.63 Å².